The molecule has 3 N–H and O–H groups in total. The Morgan fingerprint density at radius 2 is 1.90 bits per heavy atom. The van der Waals surface area contributed by atoms with Gasteiger partial charge in [0, 0.05) is 17.0 Å². The number of fused-ring (bicyclic) bond motifs is 1. The van der Waals surface area contributed by atoms with Gasteiger partial charge in [0.2, 0.25) is 5.91 Å². The van der Waals surface area contributed by atoms with Crippen molar-refractivity contribution in [1.82, 2.24) is 10.6 Å². The number of aliphatic carboxylic acids is 1. The second-order valence-corrected chi connectivity index (χ2v) is 7.15. The summed E-state index contributed by atoms with van der Waals surface area (Å²) in [5.74, 6) is -2.15. The van der Waals surface area contributed by atoms with E-state index in [1.165, 1.54) is 6.07 Å². The van der Waals surface area contributed by atoms with Crippen LogP contribution in [-0.2, 0) is 14.4 Å². The molecule has 2 amide bonds. The zero-order valence-corrected chi connectivity index (χ0v) is 17.4. The quantitative estimate of drug-likeness (QED) is 0.526. The fourth-order valence-corrected chi connectivity index (χ4v) is 2.94. The summed E-state index contributed by atoms with van der Waals surface area (Å²) in [6.07, 6.45) is 0.586. The van der Waals surface area contributed by atoms with Crippen LogP contribution in [0.25, 0.3) is 11.0 Å². The molecule has 0 saturated heterocycles. The molecule has 1 aromatic heterocycles. The largest absolute Gasteiger partial charge is 0.483 e. The van der Waals surface area contributed by atoms with Crippen LogP contribution in [0.15, 0.2) is 27.4 Å². The summed E-state index contributed by atoms with van der Waals surface area (Å²) < 4.78 is 10.7. The van der Waals surface area contributed by atoms with E-state index < -0.39 is 29.5 Å². The van der Waals surface area contributed by atoms with Crippen LogP contribution in [0.5, 0.6) is 5.75 Å². The van der Waals surface area contributed by atoms with Crippen LogP contribution >= 0.6 is 0 Å². The number of carbonyl (C=O) groups excluding carboxylic acids is 2. The van der Waals surface area contributed by atoms with Crippen molar-refractivity contribution in [2.75, 3.05) is 13.2 Å². The Morgan fingerprint density at radius 3 is 2.53 bits per heavy atom. The Balaban J connectivity index is 1.93. The topological polar surface area (TPSA) is 135 Å². The minimum Gasteiger partial charge on any atom is -0.483 e. The first kappa shape index (κ1) is 22.9. The minimum atomic E-state index is -1.12. The average Bonchev–Trinajstić information content (AvgIpc) is 2.69. The number of ether oxygens (including phenoxy) is 1. The van der Waals surface area contributed by atoms with Crippen LogP contribution in [0.4, 0.5) is 0 Å². The highest BCUT2D eigenvalue weighted by molar-refractivity contribution is 5.88. The number of rotatable bonds is 9. The number of aryl methyl sites for hydroxylation is 2. The minimum absolute atomic E-state index is 0.245. The summed E-state index contributed by atoms with van der Waals surface area (Å²) in [4.78, 5) is 46.8. The molecule has 0 aliphatic heterocycles. The second kappa shape index (κ2) is 9.91. The van der Waals surface area contributed by atoms with E-state index in [9.17, 15) is 24.3 Å². The van der Waals surface area contributed by atoms with Crippen molar-refractivity contribution >= 4 is 28.8 Å². The first-order valence-electron chi connectivity index (χ1n) is 9.59. The Morgan fingerprint density at radius 1 is 1.20 bits per heavy atom. The maximum atomic E-state index is 12.0. The van der Waals surface area contributed by atoms with E-state index in [-0.39, 0.29) is 19.1 Å². The smallest absolute Gasteiger partial charge is 0.336 e. The molecule has 0 aliphatic carbocycles. The van der Waals surface area contributed by atoms with Crippen molar-refractivity contribution in [3.63, 3.8) is 0 Å². The lowest BCUT2D eigenvalue weighted by Gasteiger charge is -2.20. The van der Waals surface area contributed by atoms with Gasteiger partial charge in [-0.15, -0.1) is 0 Å². The number of amides is 2. The molecule has 0 unspecified atom stereocenters. The van der Waals surface area contributed by atoms with Gasteiger partial charge in [-0.1, -0.05) is 20.3 Å². The van der Waals surface area contributed by atoms with Gasteiger partial charge in [0.1, 0.15) is 17.4 Å². The number of carboxylic acids is 1. The highest BCUT2D eigenvalue weighted by atomic mass is 16.5. The van der Waals surface area contributed by atoms with Crippen LogP contribution in [-0.4, -0.2) is 42.1 Å². The lowest BCUT2D eigenvalue weighted by atomic mass is 9.99. The normalized spacial score (nSPS) is 12.8. The summed E-state index contributed by atoms with van der Waals surface area (Å²) in [5.41, 5.74) is 1.27. The van der Waals surface area contributed by atoms with E-state index >= 15 is 0 Å². The fraction of sp³-hybridized carbons (Fsp3) is 0.429. The number of benzene rings is 1. The molecule has 0 saturated carbocycles. The van der Waals surface area contributed by atoms with Crippen molar-refractivity contribution in [2.24, 2.45) is 5.92 Å². The molecule has 9 nitrogen and oxygen atoms in total. The van der Waals surface area contributed by atoms with E-state index in [1.54, 1.807) is 32.9 Å². The first-order chi connectivity index (χ1) is 14.1. The summed E-state index contributed by atoms with van der Waals surface area (Å²) in [6.45, 7) is 6.34. The molecule has 0 aliphatic rings. The average molecular weight is 418 g/mol. The predicted molar refractivity (Wildman–Crippen MR) is 109 cm³/mol. The standard InChI is InChI=1S/C21H26N2O7/c1-5-11(2)19(21(27)28)23-16(24)9-22-17(25)10-29-15-7-6-14-12(3)8-18(26)30-20(14)13(15)4/h6-8,11,19H,5,9-10H2,1-4H3,(H,22,25)(H,23,24)(H,27,28)/t11-,19-/m1/s1. The molecule has 162 valence electrons. The van der Waals surface area contributed by atoms with Gasteiger partial charge >= 0.3 is 11.6 Å². The summed E-state index contributed by atoms with van der Waals surface area (Å²) in [5, 5.41) is 14.8. The number of hydrogen-bond acceptors (Lipinski definition) is 6. The molecule has 1 aromatic carbocycles. The van der Waals surface area contributed by atoms with E-state index in [1.807, 2.05) is 6.92 Å². The fourth-order valence-electron chi connectivity index (χ4n) is 2.94. The SMILES string of the molecule is CC[C@@H](C)[C@@H](NC(=O)CNC(=O)COc1ccc2c(C)cc(=O)oc2c1C)C(=O)O. The third kappa shape index (κ3) is 5.59. The molecule has 0 fully saturated rings. The molecule has 2 aromatic rings. The summed E-state index contributed by atoms with van der Waals surface area (Å²) in [6, 6.07) is 3.79. The van der Waals surface area contributed by atoms with Gasteiger partial charge in [-0.3, -0.25) is 9.59 Å². The van der Waals surface area contributed by atoms with E-state index in [0.29, 0.717) is 23.3 Å². The van der Waals surface area contributed by atoms with Gasteiger partial charge in [-0.05, 0) is 37.5 Å². The number of nitrogens with one attached hydrogen (secondary N) is 2. The van der Waals surface area contributed by atoms with Crippen molar-refractivity contribution in [3.8, 4) is 5.75 Å². The molecule has 0 bridgehead atoms. The van der Waals surface area contributed by atoms with E-state index in [2.05, 4.69) is 10.6 Å². The van der Waals surface area contributed by atoms with Crippen LogP contribution in [0.2, 0.25) is 0 Å². The summed E-state index contributed by atoms with van der Waals surface area (Å²) >= 11 is 0. The molecule has 2 atom stereocenters. The van der Waals surface area contributed by atoms with Crippen LogP contribution in [0.1, 0.15) is 31.4 Å². The molecule has 1 heterocycles. The number of hydrogen-bond donors (Lipinski definition) is 3. The predicted octanol–water partition coefficient (Wildman–Crippen LogP) is 1.52. The van der Waals surface area contributed by atoms with Gasteiger partial charge in [0.05, 0.1) is 6.54 Å². The van der Waals surface area contributed by atoms with Gasteiger partial charge in [-0.25, -0.2) is 9.59 Å². The van der Waals surface area contributed by atoms with E-state index in [0.717, 1.165) is 10.9 Å². The van der Waals surface area contributed by atoms with Crippen LogP contribution < -0.4 is 21.0 Å². The second-order valence-electron chi connectivity index (χ2n) is 7.15. The summed E-state index contributed by atoms with van der Waals surface area (Å²) in [7, 11) is 0. The lowest BCUT2D eigenvalue weighted by Crippen LogP contribution is -2.48. The number of carbonyl (C=O) groups is 3. The van der Waals surface area contributed by atoms with E-state index in [4.69, 9.17) is 9.15 Å². The monoisotopic (exact) mass is 418 g/mol. The Bertz CT molecular complexity index is 1010. The van der Waals surface area contributed by atoms with Gasteiger partial charge in [0.15, 0.2) is 6.61 Å². The van der Waals surface area contributed by atoms with Crippen molar-refractivity contribution < 1.29 is 28.6 Å². The third-order valence-corrected chi connectivity index (χ3v) is 4.92. The highest BCUT2D eigenvalue weighted by Gasteiger charge is 2.25. The Hall–Kier alpha value is -3.36. The third-order valence-electron chi connectivity index (χ3n) is 4.92. The van der Waals surface area contributed by atoms with Crippen LogP contribution in [0.3, 0.4) is 0 Å². The number of carboxylic acid groups (broad SMARTS) is 1. The maximum Gasteiger partial charge on any atom is 0.336 e. The van der Waals surface area contributed by atoms with Crippen molar-refractivity contribution in [3.05, 3.63) is 39.7 Å². The maximum absolute atomic E-state index is 12.0. The van der Waals surface area contributed by atoms with Gasteiger partial charge < -0.3 is 24.9 Å². The molecular weight excluding hydrogens is 392 g/mol. The molecule has 0 spiro atoms. The molecule has 2 rings (SSSR count). The first-order valence-corrected chi connectivity index (χ1v) is 9.59. The molecular formula is C21H26N2O7. The van der Waals surface area contributed by atoms with Crippen molar-refractivity contribution in [2.45, 2.75) is 40.2 Å². The van der Waals surface area contributed by atoms with Crippen molar-refractivity contribution in [1.29, 1.82) is 0 Å². The van der Waals surface area contributed by atoms with Crippen LogP contribution in [0, 0.1) is 19.8 Å². The lowest BCUT2D eigenvalue weighted by molar-refractivity contribution is -0.143. The molecule has 30 heavy (non-hydrogen) atoms. The van der Waals surface area contributed by atoms with Gasteiger partial charge in [0.25, 0.3) is 5.91 Å². The Labute approximate surface area is 173 Å². The zero-order valence-electron chi connectivity index (χ0n) is 17.4. The molecule has 0 radical (unpaired) electrons. The highest BCUT2D eigenvalue weighted by Crippen LogP contribution is 2.28. The zero-order chi connectivity index (χ0) is 22.4. The Kier molecular flexibility index (Phi) is 7.57. The molecule has 9 heteroatoms. The van der Waals surface area contributed by atoms with Gasteiger partial charge in [-0.2, -0.15) is 0 Å².